The van der Waals surface area contributed by atoms with E-state index >= 15 is 0 Å². The summed E-state index contributed by atoms with van der Waals surface area (Å²) in [5, 5.41) is 9.12. The minimum absolute atomic E-state index is 0.119. The van der Waals surface area contributed by atoms with Gasteiger partial charge in [0.05, 0.1) is 10.5 Å². The van der Waals surface area contributed by atoms with Crippen LogP contribution in [0.25, 0.3) is 0 Å². The van der Waals surface area contributed by atoms with E-state index in [1.807, 2.05) is 0 Å². The Morgan fingerprint density at radius 1 is 1.31 bits per heavy atom. The predicted molar refractivity (Wildman–Crippen MR) is 52.0 cm³/mol. The van der Waals surface area contributed by atoms with Crippen LogP contribution in [0, 0.1) is 0 Å². The van der Waals surface area contributed by atoms with Crippen molar-refractivity contribution in [3.05, 3.63) is 29.8 Å². The quantitative estimate of drug-likeness (QED) is 0.840. The second-order valence-corrected chi connectivity index (χ2v) is 4.33. The van der Waals surface area contributed by atoms with Crippen LogP contribution in [-0.4, -0.2) is 20.4 Å². The van der Waals surface area contributed by atoms with Crippen molar-refractivity contribution in [3.8, 4) is 0 Å². The fourth-order valence-electron chi connectivity index (χ4n) is 0.999. The Morgan fingerprint density at radius 3 is 2.19 bits per heavy atom. The highest BCUT2D eigenvalue weighted by Gasteiger charge is 2.30. The summed E-state index contributed by atoms with van der Waals surface area (Å²) in [5.41, 5.74) is -0.811. The number of nitrogens with zero attached hydrogens (tertiary/aromatic N) is 1. The molecule has 0 aliphatic rings. The largest absolute Gasteiger partial charge is 0.416 e. The minimum atomic E-state index is -4.41. The van der Waals surface area contributed by atoms with Gasteiger partial charge in [-0.2, -0.15) is 13.2 Å². The van der Waals surface area contributed by atoms with E-state index in [4.69, 9.17) is 5.21 Å². The number of hydroxylamine groups is 1. The van der Waals surface area contributed by atoms with Crippen LogP contribution in [0.1, 0.15) is 12.5 Å². The maximum Gasteiger partial charge on any atom is 0.416 e. The van der Waals surface area contributed by atoms with E-state index < -0.39 is 22.7 Å². The second-order valence-electron chi connectivity index (χ2n) is 2.94. The van der Waals surface area contributed by atoms with E-state index in [2.05, 4.69) is 0 Å². The molecule has 1 N–H and O–H groups in total. The van der Waals surface area contributed by atoms with E-state index in [1.165, 1.54) is 0 Å². The molecular weight excluding hydrogens is 243 g/mol. The first-order valence-corrected chi connectivity index (χ1v) is 5.52. The molecule has 0 spiro atoms. The molecule has 0 aliphatic heterocycles. The van der Waals surface area contributed by atoms with Gasteiger partial charge in [-0.15, -0.1) is 4.47 Å². The van der Waals surface area contributed by atoms with E-state index in [0.717, 1.165) is 24.3 Å². The first kappa shape index (κ1) is 13.1. The molecule has 0 amide bonds. The molecule has 16 heavy (non-hydrogen) atoms. The maximum absolute atomic E-state index is 12.2. The zero-order valence-electron chi connectivity index (χ0n) is 8.36. The minimum Gasteiger partial charge on any atom is -0.301 e. The fourth-order valence-corrected chi connectivity index (χ4v) is 1.85. The molecular formula is C9H10F3NO2S. The average molecular weight is 253 g/mol. The van der Waals surface area contributed by atoms with Gasteiger partial charge in [-0.05, 0) is 31.2 Å². The summed E-state index contributed by atoms with van der Waals surface area (Å²) in [6.07, 6.45) is -4.41. The summed E-state index contributed by atoms with van der Waals surface area (Å²) in [6.45, 7) is 1.69. The van der Waals surface area contributed by atoms with Crippen molar-refractivity contribution in [2.45, 2.75) is 18.0 Å². The number of hydrogen-bond acceptors (Lipinski definition) is 2. The van der Waals surface area contributed by atoms with E-state index in [-0.39, 0.29) is 11.4 Å². The topological polar surface area (TPSA) is 40.5 Å². The van der Waals surface area contributed by atoms with Gasteiger partial charge in [-0.1, -0.05) is 0 Å². The van der Waals surface area contributed by atoms with Crippen molar-refractivity contribution < 1.29 is 22.6 Å². The number of hydrogen-bond donors (Lipinski definition) is 1. The van der Waals surface area contributed by atoms with Gasteiger partial charge in [0.15, 0.2) is 11.0 Å². The van der Waals surface area contributed by atoms with Crippen molar-refractivity contribution >= 4 is 11.0 Å². The Hall–Kier alpha value is -0.920. The SMILES string of the molecule is CCN(O)S(=O)c1ccc(C(F)(F)F)cc1. The summed E-state index contributed by atoms with van der Waals surface area (Å²) in [6, 6.07) is 3.82. The van der Waals surface area contributed by atoms with E-state index in [0.29, 0.717) is 4.47 Å². The highest BCUT2D eigenvalue weighted by Crippen LogP contribution is 2.29. The second kappa shape index (κ2) is 4.94. The van der Waals surface area contributed by atoms with Crippen LogP contribution >= 0.6 is 0 Å². The molecule has 1 unspecified atom stereocenters. The lowest BCUT2D eigenvalue weighted by Crippen LogP contribution is -2.21. The Balaban J connectivity index is 2.91. The monoisotopic (exact) mass is 253 g/mol. The summed E-state index contributed by atoms with van der Waals surface area (Å²) < 4.78 is 48.6. The van der Waals surface area contributed by atoms with Crippen molar-refractivity contribution in [1.29, 1.82) is 0 Å². The lowest BCUT2D eigenvalue weighted by Gasteiger charge is -2.12. The fraction of sp³-hybridized carbons (Fsp3) is 0.333. The molecule has 1 atom stereocenters. The molecule has 90 valence electrons. The van der Waals surface area contributed by atoms with Crippen LogP contribution in [0.2, 0.25) is 0 Å². The zero-order valence-corrected chi connectivity index (χ0v) is 9.18. The first-order valence-electron chi connectivity index (χ1n) is 4.42. The van der Waals surface area contributed by atoms with Crippen molar-refractivity contribution in [2.24, 2.45) is 0 Å². The molecule has 0 saturated carbocycles. The Morgan fingerprint density at radius 2 is 1.81 bits per heavy atom. The molecule has 0 bridgehead atoms. The molecule has 0 fully saturated rings. The van der Waals surface area contributed by atoms with Crippen LogP contribution in [0.15, 0.2) is 29.2 Å². The lowest BCUT2D eigenvalue weighted by molar-refractivity contribution is -0.137. The van der Waals surface area contributed by atoms with Crippen LogP contribution in [-0.2, 0) is 17.2 Å². The first-order chi connectivity index (χ1) is 7.36. The van der Waals surface area contributed by atoms with Crippen LogP contribution in [0.3, 0.4) is 0 Å². The number of halogens is 3. The molecule has 0 saturated heterocycles. The molecule has 7 heteroatoms. The van der Waals surface area contributed by atoms with Gasteiger partial charge in [0.25, 0.3) is 0 Å². The molecule has 0 aromatic heterocycles. The van der Waals surface area contributed by atoms with Gasteiger partial charge >= 0.3 is 6.18 Å². The third kappa shape index (κ3) is 3.03. The Bertz CT molecular complexity index is 377. The van der Waals surface area contributed by atoms with Gasteiger partial charge in [0.1, 0.15) is 0 Å². The molecule has 0 heterocycles. The molecule has 1 aromatic rings. The normalized spacial score (nSPS) is 14.1. The van der Waals surface area contributed by atoms with Crippen molar-refractivity contribution in [3.63, 3.8) is 0 Å². The van der Waals surface area contributed by atoms with Gasteiger partial charge in [-0.3, -0.25) is 0 Å². The molecule has 1 aromatic carbocycles. The summed E-state index contributed by atoms with van der Waals surface area (Å²) in [4.78, 5) is 0.123. The van der Waals surface area contributed by atoms with Crippen LogP contribution in [0.4, 0.5) is 13.2 Å². The summed E-state index contributed by atoms with van der Waals surface area (Å²) in [5.74, 6) is 0. The number of alkyl halides is 3. The van der Waals surface area contributed by atoms with Crippen molar-refractivity contribution in [2.75, 3.05) is 6.54 Å². The summed E-state index contributed by atoms with van der Waals surface area (Å²) >= 11 is 0. The van der Waals surface area contributed by atoms with Gasteiger partial charge in [0.2, 0.25) is 0 Å². The zero-order chi connectivity index (χ0) is 12.3. The Labute approximate surface area is 93.0 Å². The molecule has 0 aliphatic carbocycles. The van der Waals surface area contributed by atoms with Crippen LogP contribution in [0.5, 0.6) is 0 Å². The number of benzene rings is 1. The van der Waals surface area contributed by atoms with E-state index in [9.17, 15) is 17.4 Å². The lowest BCUT2D eigenvalue weighted by atomic mass is 10.2. The third-order valence-electron chi connectivity index (χ3n) is 1.85. The van der Waals surface area contributed by atoms with Gasteiger partial charge in [0, 0.05) is 6.54 Å². The highest BCUT2D eigenvalue weighted by molar-refractivity contribution is 7.82. The van der Waals surface area contributed by atoms with E-state index in [1.54, 1.807) is 6.92 Å². The third-order valence-corrected chi connectivity index (χ3v) is 3.16. The standard InChI is InChI=1S/C9H10F3NO2S/c1-2-13(14)16(15)8-5-3-7(4-6-8)9(10,11)12/h3-6,14H,2H2,1H3. The molecule has 3 nitrogen and oxygen atoms in total. The summed E-state index contributed by atoms with van der Waals surface area (Å²) in [7, 11) is -1.84. The van der Waals surface area contributed by atoms with Crippen molar-refractivity contribution in [1.82, 2.24) is 4.47 Å². The highest BCUT2D eigenvalue weighted by atomic mass is 32.2. The van der Waals surface area contributed by atoms with Crippen LogP contribution < -0.4 is 0 Å². The average Bonchev–Trinajstić information content (AvgIpc) is 2.26. The Kier molecular flexibility index (Phi) is 4.06. The predicted octanol–water partition coefficient (Wildman–Crippen LogP) is 2.44. The molecule has 1 rings (SSSR count). The van der Waals surface area contributed by atoms with Gasteiger partial charge < -0.3 is 5.21 Å². The molecule has 0 radical (unpaired) electrons. The smallest absolute Gasteiger partial charge is 0.301 e. The number of rotatable bonds is 3. The maximum atomic E-state index is 12.2. The van der Waals surface area contributed by atoms with Gasteiger partial charge in [-0.25, -0.2) is 4.21 Å².